The Labute approximate surface area is 134 Å². The van der Waals surface area contributed by atoms with Gasteiger partial charge in [0.2, 0.25) is 0 Å². The van der Waals surface area contributed by atoms with Crippen molar-refractivity contribution in [2.45, 2.75) is 32.8 Å². The molecule has 1 aromatic rings. The first-order valence-corrected chi connectivity index (χ1v) is 7.15. The van der Waals surface area contributed by atoms with Crippen LogP contribution < -0.4 is 11.1 Å². The molecule has 1 rings (SSSR count). The van der Waals surface area contributed by atoms with Crippen molar-refractivity contribution in [2.75, 3.05) is 12.3 Å². The van der Waals surface area contributed by atoms with E-state index < -0.39 is 11.7 Å². The zero-order valence-corrected chi connectivity index (χ0v) is 13.7. The second-order valence-electron chi connectivity index (χ2n) is 5.31. The van der Waals surface area contributed by atoms with Crippen molar-refractivity contribution in [1.82, 2.24) is 5.32 Å². The summed E-state index contributed by atoms with van der Waals surface area (Å²) in [6.45, 7) is 5.81. The molecule has 0 aliphatic rings. The van der Waals surface area contributed by atoms with Crippen LogP contribution in [0.15, 0.2) is 12.1 Å². The van der Waals surface area contributed by atoms with E-state index in [2.05, 4.69) is 17.2 Å². The lowest BCUT2D eigenvalue weighted by Crippen LogP contribution is -2.32. The third-order valence-electron chi connectivity index (χ3n) is 2.25. The van der Waals surface area contributed by atoms with E-state index in [9.17, 15) is 4.79 Å². The fourth-order valence-electron chi connectivity index (χ4n) is 1.36. The number of nitrogen functional groups attached to an aromatic ring is 1. The minimum atomic E-state index is -0.510. The molecule has 0 spiro atoms. The number of ether oxygens (including phenoxy) is 1. The van der Waals surface area contributed by atoms with E-state index in [1.165, 1.54) is 0 Å². The normalized spacial score (nSPS) is 10.5. The number of carbonyl (C=O) groups is 1. The highest BCUT2D eigenvalue weighted by Crippen LogP contribution is 2.30. The number of nitrogens with two attached hydrogens (primary N) is 1. The number of halogens is 2. The summed E-state index contributed by atoms with van der Waals surface area (Å²) in [6, 6.07) is 3.36. The fraction of sp³-hybridized carbons (Fsp3) is 0.400. The number of carbonyl (C=O) groups excluding carboxylic acids is 1. The molecule has 1 aromatic carbocycles. The van der Waals surface area contributed by atoms with Gasteiger partial charge in [0, 0.05) is 18.5 Å². The predicted octanol–water partition coefficient (Wildman–Crippen LogP) is 3.84. The molecule has 114 valence electrons. The molecule has 4 nitrogen and oxygen atoms in total. The highest BCUT2D eigenvalue weighted by atomic mass is 35.5. The Morgan fingerprint density at radius 1 is 1.33 bits per heavy atom. The van der Waals surface area contributed by atoms with Crippen LogP contribution in [0, 0.1) is 11.8 Å². The summed E-state index contributed by atoms with van der Waals surface area (Å²) in [6.07, 6.45) is 0.00950. The third kappa shape index (κ3) is 6.16. The predicted molar refractivity (Wildman–Crippen MR) is 86.6 cm³/mol. The maximum absolute atomic E-state index is 11.4. The summed E-state index contributed by atoms with van der Waals surface area (Å²) in [5.74, 6) is 5.79. The zero-order valence-electron chi connectivity index (χ0n) is 12.2. The molecular formula is C15H18Cl2N2O2. The van der Waals surface area contributed by atoms with E-state index in [1.807, 2.05) is 0 Å². The van der Waals surface area contributed by atoms with Gasteiger partial charge in [-0.15, -0.1) is 0 Å². The van der Waals surface area contributed by atoms with E-state index >= 15 is 0 Å². The van der Waals surface area contributed by atoms with Crippen LogP contribution in [0.25, 0.3) is 0 Å². The molecule has 6 heteroatoms. The molecule has 0 fully saturated rings. The van der Waals surface area contributed by atoms with Crippen molar-refractivity contribution in [3.05, 3.63) is 27.7 Å². The average molecular weight is 329 g/mol. The van der Waals surface area contributed by atoms with E-state index in [0.29, 0.717) is 34.3 Å². The Kier molecular flexibility index (Phi) is 6.19. The van der Waals surface area contributed by atoms with Crippen molar-refractivity contribution in [3.63, 3.8) is 0 Å². The molecule has 0 saturated carbocycles. The van der Waals surface area contributed by atoms with E-state index in [4.69, 9.17) is 33.7 Å². The number of anilines is 1. The van der Waals surface area contributed by atoms with Crippen LogP contribution in [-0.4, -0.2) is 18.2 Å². The number of alkyl carbamates (subject to hydrolysis) is 1. The van der Waals surface area contributed by atoms with Gasteiger partial charge in [-0.1, -0.05) is 35.0 Å². The van der Waals surface area contributed by atoms with Crippen LogP contribution >= 0.6 is 23.2 Å². The minimum absolute atomic E-state index is 0.301. The van der Waals surface area contributed by atoms with Crippen molar-refractivity contribution in [1.29, 1.82) is 0 Å². The van der Waals surface area contributed by atoms with Gasteiger partial charge in [-0.05, 0) is 32.9 Å². The maximum atomic E-state index is 11.4. The van der Waals surface area contributed by atoms with Crippen molar-refractivity contribution in [3.8, 4) is 11.8 Å². The lowest BCUT2D eigenvalue weighted by Gasteiger charge is -2.19. The number of hydrogen-bond acceptors (Lipinski definition) is 3. The monoisotopic (exact) mass is 328 g/mol. The lowest BCUT2D eigenvalue weighted by molar-refractivity contribution is 0.0529. The molecule has 1 amide bonds. The Morgan fingerprint density at radius 3 is 2.62 bits per heavy atom. The Hall–Kier alpha value is -1.57. The smallest absolute Gasteiger partial charge is 0.407 e. The molecule has 0 aromatic heterocycles. The summed E-state index contributed by atoms with van der Waals surface area (Å²) in [5.41, 5.74) is 6.13. The standard InChI is InChI=1S/C15H18Cl2N2O2/c1-15(2,3)21-14(20)19-9-5-4-6-10-7-8-11(18)13(17)12(10)16/h7-8H,5,9,18H2,1-3H3,(H,19,20). The van der Waals surface area contributed by atoms with Crippen molar-refractivity contribution in [2.24, 2.45) is 0 Å². The molecule has 0 atom stereocenters. The van der Waals surface area contributed by atoms with Gasteiger partial charge in [0.25, 0.3) is 0 Å². The van der Waals surface area contributed by atoms with Gasteiger partial charge in [0.1, 0.15) is 5.60 Å². The van der Waals surface area contributed by atoms with Crippen molar-refractivity contribution < 1.29 is 9.53 Å². The van der Waals surface area contributed by atoms with Gasteiger partial charge in [0.15, 0.2) is 0 Å². The second kappa shape index (κ2) is 7.44. The number of rotatable bonds is 2. The first-order chi connectivity index (χ1) is 9.70. The highest BCUT2D eigenvalue weighted by Gasteiger charge is 2.15. The van der Waals surface area contributed by atoms with Crippen LogP contribution in [0.2, 0.25) is 10.0 Å². The van der Waals surface area contributed by atoms with Gasteiger partial charge in [-0.2, -0.15) is 0 Å². The third-order valence-corrected chi connectivity index (χ3v) is 3.15. The lowest BCUT2D eigenvalue weighted by atomic mass is 10.2. The Balaban J connectivity index is 2.48. The highest BCUT2D eigenvalue weighted by molar-refractivity contribution is 6.44. The molecule has 21 heavy (non-hydrogen) atoms. The summed E-state index contributed by atoms with van der Waals surface area (Å²) in [7, 11) is 0. The molecule has 0 heterocycles. The Morgan fingerprint density at radius 2 is 2.00 bits per heavy atom. The molecule has 0 saturated heterocycles. The number of benzene rings is 1. The molecule has 0 bridgehead atoms. The van der Waals surface area contributed by atoms with Gasteiger partial charge >= 0.3 is 6.09 Å². The van der Waals surface area contributed by atoms with Crippen LogP contribution in [-0.2, 0) is 4.74 Å². The van der Waals surface area contributed by atoms with Gasteiger partial charge in [0.05, 0.1) is 15.7 Å². The second-order valence-corrected chi connectivity index (χ2v) is 6.07. The van der Waals surface area contributed by atoms with Crippen LogP contribution in [0.3, 0.4) is 0 Å². The maximum Gasteiger partial charge on any atom is 0.407 e. The zero-order chi connectivity index (χ0) is 16.0. The Bertz CT molecular complexity index is 584. The minimum Gasteiger partial charge on any atom is -0.444 e. The average Bonchev–Trinajstić information content (AvgIpc) is 2.36. The topological polar surface area (TPSA) is 64.3 Å². The van der Waals surface area contributed by atoms with Gasteiger partial charge in [-0.3, -0.25) is 0 Å². The van der Waals surface area contributed by atoms with Crippen molar-refractivity contribution >= 4 is 35.0 Å². The van der Waals surface area contributed by atoms with Crippen LogP contribution in [0.5, 0.6) is 0 Å². The first kappa shape index (κ1) is 17.5. The van der Waals surface area contributed by atoms with Crippen LogP contribution in [0.4, 0.5) is 10.5 Å². The number of hydrogen-bond donors (Lipinski definition) is 2. The molecule has 0 aliphatic heterocycles. The summed E-state index contributed by atoms with van der Waals surface area (Å²) in [4.78, 5) is 11.4. The quantitative estimate of drug-likeness (QED) is 0.492. The van der Waals surface area contributed by atoms with E-state index in [0.717, 1.165) is 0 Å². The first-order valence-electron chi connectivity index (χ1n) is 6.40. The SMILES string of the molecule is CC(C)(C)OC(=O)NCCC#Cc1ccc(N)c(Cl)c1Cl. The van der Waals surface area contributed by atoms with Crippen LogP contribution in [0.1, 0.15) is 32.8 Å². The fourth-order valence-corrected chi connectivity index (χ4v) is 1.74. The number of amides is 1. The molecule has 3 N–H and O–H groups in total. The van der Waals surface area contributed by atoms with E-state index in [-0.39, 0.29) is 0 Å². The molecule has 0 aliphatic carbocycles. The molecule has 0 unspecified atom stereocenters. The van der Waals surface area contributed by atoms with Gasteiger partial charge in [-0.25, -0.2) is 4.79 Å². The molecule has 0 radical (unpaired) electrons. The summed E-state index contributed by atoms with van der Waals surface area (Å²) < 4.78 is 5.10. The van der Waals surface area contributed by atoms with Gasteiger partial charge < -0.3 is 15.8 Å². The number of nitrogens with one attached hydrogen (secondary N) is 1. The largest absolute Gasteiger partial charge is 0.444 e. The van der Waals surface area contributed by atoms with E-state index in [1.54, 1.807) is 32.9 Å². The summed E-state index contributed by atoms with van der Waals surface area (Å²) in [5, 5.41) is 3.26. The summed E-state index contributed by atoms with van der Waals surface area (Å²) >= 11 is 12.0. The molecular weight excluding hydrogens is 311 g/mol.